The highest BCUT2D eigenvalue weighted by molar-refractivity contribution is 7.92. The molecule has 2 unspecified atom stereocenters. The number of nitrogens with two attached hydrogens (primary N) is 1. The minimum absolute atomic E-state index is 0.0211. The summed E-state index contributed by atoms with van der Waals surface area (Å²) < 4.78 is 27.7. The van der Waals surface area contributed by atoms with Crippen molar-refractivity contribution in [3.05, 3.63) is 54.7 Å². The van der Waals surface area contributed by atoms with Crippen LogP contribution in [-0.4, -0.2) is 37.8 Å². The Hall–Kier alpha value is -2.55. The maximum Gasteiger partial charge on any atom is 0.252 e. The van der Waals surface area contributed by atoms with E-state index in [4.69, 9.17) is 5.73 Å². The zero-order valence-electron chi connectivity index (χ0n) is 14.4. The summed E-state index contributed by atoms with van der Waals surface area (Å²) in [6.07, 6.45) is 5.28. The number of rotatable bonds is 4. The van der Waals surface area contributed by atoms with Crippen molar-refractivity contribution < 1.29 is 8.94 Å². The van der Waals surface area contributed by atoms with Crippen molar-refractivity contribution >= 4 is 17.0 Å². The van der Waals surface area contributed by atoms with Crippen LogP contribution >= 0.6 is 0 Å². The number of benzene rings is 1. The lowest BCUT2D eigenvalue weighted by Crippen LogP contribution is -2.25. The van der Waals surface area contributed by atoms with E-state index in [1.54, 1.807) is 24.4 Å². The number of pyridine rings is 1. The van der Waals surface area contributed by atoms with E-state index in [1.165, 1.54) is 18.5 Å². The van der Waals surface area contributed by atoms with Crippen LogP contribution in [-0.2, 0) is 11.2 Å². The second-order valence-corrected chi connectivity index (χ2v) is 7.94. The third kappa shape index (κ3) is 3.64. The number of hydrogen-bond donors (Lipinski definition) is 2. The zero-order valence-corrected chi connectivity index (χ0v) is 15.2. The van der Waals surface area contributed by atoms with Gasteiger partial charge in [-0.05, 0) is 29.8 Å². The first-order valence-electron chi connectivity index (χ1n) is 8.57. The lowest BCUT2D eigenvalue weighted by molar-refractivity contribution is 0.578. The highest BCUT2D eigenvalue weighted by atomic mass is 32.2. The van der Waals surface area contributed by atoms with E-state index in [0.29, 0.717) is 34.0 Å². The molecule has 1 saturated heterocycles. The molecule has 8 heteroatoms. The van der Waals surface area contributed by atoms with Crippen molar-refractivity contribution in [3.8, 4) is 22.4 Å². The fourth-order valence-electron chi connectivity index (χ4n) is 3.11. The van der Waals surface area contributed by atoms with Gasteiger partial charge < -0.3 is 15.6 Å². The minimum Gasteiger partial charge on any atom is -0.610 e. The Morgan fingerprint density at radius 3 is 2.74 bits per heavy atom. The molecule has 0 amide bonds. The van der Waals surface area contributed by atoms with Crippen LogP contribution in [0.2, 0.25) is 0 Å². The fraction of sp³-hybridized carbons (Fsp3) is 0.211. The molecular formula is C19H18FN5OS. The number of anilines is 1. The van der Waals surface area contributed by atoms with Crippen molar-refractivity contribution in [1.82, 2.24) is 20.3 Å². The van der Waals surface area contributed by atoms with Crippen molar-refractivity contribution in [2.75, 3.05) is 18.8 Å². The molecule has 1 fully saturated rings. The van der Waals surface area contributed by atoms with Crippen molar-refractivity contribution in [1.29, 1.82) is 0 Å². The summed E-state index contributed by atoms with van der Waals surface area (Å²) in [7, 11) is 0. The number of nitrogens with zero attached hydrogens (tertiary/aromatic N) is 3. The molecular weight excluding hydrogens is 365 g/mol. The molecule has 1 aliphatic rings. The second-order valence-electron chi connectivity index (χ2n) is 6.29. The largest absolute Gasteiger partial charge is 0.610 e. The molecule has 2 aromatic heterocycles. The molecule has 0 bridgehead atoms. The Morgan fingerprint density at radius 1 is 1.15 bits per heavy atom. The summed E-state index contributed by atoms with van der Waals surface area (Å²) in [5, 5.41) is 3.73. The normalized spacial score (nSPS) is 17.8. The van der Waals surface area contributed by atoms with Crippen LogP contribution in [0.4, 0.5) is 10.2 Å². The van der Waals surface area contributed by atoms with Crippen LogP contribution in [0.3, 0.4) is 0 Å². The first-order chi connectivity index (χ1) is 13.1. The van der Waals surface area contributed by atoms with E-state index < -0.39 is 17.0 Å². The van der Waals surface area contributed by atoms with E-state index in [9.17, 15) is 8.94 Å². The standard InChI is InChI=1S/C19H18FN5OS/c20-16-8-12(3-4-15(16)17-10-25-18(21)11-24-17)14-2-1-6-23-19(14)27(26)13-5-7-22-9-13/h1-4,6,8,10-11,13,22H,5,7,9H2,(H2,21,25). The van der Waals surface area contributed by atoms with Gasteiger partial charge in [-0.15, -0.1) is 0 Å². The average molecular weight is 383 g/mol. The molecule has 2 atom stereocenters. The topological polar surface area (TPSA) is 99.8 Å². The smallest absolute Gasteiger partial charge is 0.252 e. The molecule has 3 aromatic rings. The van der Waals surface area contributed by atoms with Crippen LogP contribution in [0, 0.1) is 5.82 Å². The summed E-state index contributed by atoms with van der Waals surface area (Å²) >= 11 is -1.25. The molecule has 1 aliphatic heterocycles. The third-order valence-electron chi connectivity index (χ3n) is 4.51. The molecule has 138 valence electrons. The van der Waals surface area contributed by atoms with Crippen molar-refractivity contribution in [2.24, 2.45) is 0 Å². The van der Waals surface area contributed by atoms with Crippen LogP contribution in [0.5, 0.6) is 0 Å². The maximum absolute atomic E-state index is 14.8. The summed E-state index contributed by atoms with van der Waals surface area (Å²) in [6, 6.07) is 8.42. The minimum atomic E-state index is -1.25. The quantitative estimate of drug-likeness (QED) is 0.671. The first-order valence-corrected chi connectivity index (χ1v) is 9.79. The number of aromatic nitrogens is 3. The molecule has 0 aliphatic carbocycles. The van der Waals surface area contributed by atoms with Crippen molar-refractivity contribution in [3.63, 3.8) is 0 Å². The van der Waals surface area contributed by atoms with Gasteiger partial charge in [-0.1, -0.05) is 6.07 Å². The molecule has 0 radical (unpaired) electrons. The van der Waals surface area contributed by atoms with E-state index in [1.807, 2.05) is 6.07 Å². The van der Waals surface area contributed by atoms with E-state index in [0.717, 1.165) is 13.0 Å². The summed E-state index contributed by atoms with van der Waals surface area (Å²) in [4.78, 5) is 12.4. The van der Waals surface area contributed by atoms with Gasteiger partial charge in [-0.3, -0.25) is 4.98 Å². The lowest BCUT2D eigenvalue weighted by atomic mass is 10.0. The Morgan fingerprint density at radius 2 is 2.04 bits per heavy atom. The van der Waals surface area contributed by atoms with Crippen LogP contribution in [0.1, 0.15) is 6.42 Å². The predicted octanol–water partition coefficient (Wildman–Crippen LogP) is 2.40. The van der Waals surface area contributed by atoms with Gasteiger partial charge >= 0.3 is 0 Å². The van der Waals surface area contributed by atoms with Gasteiger partial charge in [0.1, 0.15) is 16.9 Å². The Bertz CT molecular complexity index is 947. The van der Waals surface area contributed by atoms with E-state index in [2.05, 4.69) is 20.3 Å². The summed E-state index contributed by atoms with van der Waals surface area (Å²) in [6.45, 7) is 1.55. The molecule has 0 saturated carbocycles. The van der Waals surface area contributed by atoms with Gasteiger partial charge in [0.15, 0.2) is 0 Å². The first kappa shape index (κ1) is 17.8. The molecule has 6 nitrogen and oxygen atoms in total. The molecule has 3 N–H and O–H groups in total. The van der Waals surface area contributed by atoms with Gasteiger partial charge in [0.25, 0.3) is 5.03 Å². The number of nitrogen functional groups attached to an aromatic ring is 1. The van der Waals surface area contributed by atoms with Crippen LogP contribution < -0.4 is 11.1 Å². The highest BCUT2D eigenvalue weighted by Gasteiger charge is 2.31. The Labute approximate surface area is 159 Å². The van der Waals surface area contributed by atoms with Gasteiger partial charge in [-0.25, -0.2) is 14.4 Å². The number of hydrogen-bond acceptors (Lipinski definition) is 6. The van der Waals surface area contributed by atoms with Gasteiger partial charge in [0.05, 0.1) is 23.7 Å². The van der Waals surface area contributed by atoms with E-state index >= 15 is 0 Å². The average Bonchev–Trinajstić information content (AvgIpc) is 3.23. The molecule has 0 spiro atoms. The van der Waals surface area contributed by atoms with Gasteiger partial charge in [0, 0.05) is 42.4 Å². The van der Waals surface area contributed by atoms with Crippen molar-refractivity contribution in [2.45, 2.75) is 16.7 Å². The second kappa shape index (κ2) is 7.59. The van der Waals surface area contributed by atoms with Crippen LogP contribution in [0.15, 0.2) is 53.9 Å². The maximum atomic E-state index is 14.8. The monoisotopic (exact) mass is 383 g/mol. The molecule has 1 aromatic carbocycles. The molecule has 3 heterocycles. The predicted molar refractivity (Wildman–Crippen MR) is 103 cm³/mol. The highest BCUT2D eigenvalue weighted by Crippen LogP contribution is 2.32. The fourth-order valence-corrected chi connectivity index (χ4v) is 4.59. The Kier molecular flexibility index (Phi) is 5.02. The summed E-state index contributed by atoms with van der Waals surface area (Å²) in [5.41, 5.74) is 7.57. The van der Waals surface area contributed by atoms with Crippen LogP contribution in [0.25, 0.3) is 22.4 Å². The van der Waals surface area contributed by atoms with Gasteiger partial charge in [0.2, 0.25) is 0 Å². The SMILES string of the molecule is Nc1cnc(-c2ccc(-c3cccnc3[S+]([O-])C3CCNC3)cc2F)cn1. The lowest BCUT2D eigenvalue weighted by Gasteiger charge is -2.18. The molecule has 4 rings (SSSR count). The number of halogens is 1. The Balaban J connectivity index is 1.70. The van der Waals surface area contributed by atoms with Gasteiger partial charge in [-0.2, -0.15) is 0 Å². The molecule has 27 heavy (non-hydrogen) atoms. The summed E-state index contributed by atoms with van der Waals surface area (Å²) in [5.74, 6) is -0.158. The van der Waals surface area contributed by atoms with E-state index in [-0.39, 0.29) is 11.1 Å². The zero-order chi connectivity index (χ0) is 18.8. The number of nitrogens with one attached hydrogen (secondary N) is 1. The third-order valence-corrected chi connectivity index (χ3v) is 6.22.